The molecule has 2 atom stereocenters. The highest BCUT2D eigenvalue weighted by Crippen LogP contribution is 2.43. The number of hydrogen-bond acceptors (Lipinski definition) is 4. The molecule has 0 radical (unpaired) electrons. The van der Waals surface area contributed by atoms with Crippen molar-refractivity contribution in [1.82, 2.24) is 9.99 Å². The summed E-state index contributed by atoms with van der Waals surface area (Å²) >= 11 is 6.17. The van der Waals surface area contributed by atoms with Crippen molar-refractivity contribution in [3.63, 3.8) is 0 Å². The fourth-order valence-corrected chi connectivity index (χ4v) is 4.90. The fourth-order valence-electron chi connectivity index (χ4n) is 4.73. The van der Waals surface area contributed by atoms with Crippen molar-refractivity contribution < 1.29 is 4.74 Å². The number of aromatic nitrogens is 1. The number of aryl methyl sites for hydroxylation is 1. The van der Waals surface area contributed by atoms with Crippen LogP contribution in [0.15, 0.2) is 36.5 Å². The van der Waals surface area contributed by atoms with Gasteiger partial charge in [-0.15, -0.1) is 0 Å². The van der Waals surface area contributed by atoms with Gasteiger partial charge in [0, 0.05) is 35.6 Å². The maximum absolute atomic E-state index is 6.17. The third kappa shape index (κ3) is 3.71. The van der Waals surface area contributed by atoms with Crippen LogP contribution < -0.4 is 5.43 Å². The molecule has 4 rings (SSSR count). The number of hydrogen-bond donors (Lipinski definition) is 1. The van der Waals surface area contributed by atoms with Crippen molar-refractivity contribution in [3.05, 3.63) is 58.4 Å². The molecule has 144 valence electrons. The molecule has 1 unspecified atom stereocenters. The molecule has 1 saturated carbocycles. The van der Waals surface area contributed by atoms with Crippen LogP contribution in [0.3, 0.4) is 0 Å². The third-order valence-corrected chi connectivity index (χ3v) is 6.53. The van der Waals surface area contributed by atoms with Gasteiger partial charge >= 0.3 is 0 Å². The number of halogens is 1. The molecule has 0 bridgehead atoms. The zero-order valence-electron chi connectivity index (χ0n) is 16.3. The lowest BCUT2D eigenvalue weighted by molar-refractivity contribution is -0.0448. The Kier molecular flexibility index (Phi) is 5.40. The largest absolute Gasteiger partial charge is 0.360 e. The first-order chi connectivity index (χ1) is 13.1. The smallest absolute Gasteiger partial charge is 0.155 e. The van der Waals surface area contributed by atoms with Gasteiger partial charge in [0.15, 0.2) is 6.23 Å². The molecule has 1 aliphatic heterocycles. The van der Waals surface area contributed by atoms with Crippen molar-refractivity contribution >= 4 is 17.3 Å². The van der Waals surface area contributed by atoms with Gasteiger partial charge in [0.05, 0.1) is 5.69 Å². The van der Waals surface area contributed by atoms with Gasteiger partial charge < -0.3 is 10.2 Å². The van der Waals surface area contributed by atoms with E-state index in [0.717, 1.165) is 22.0 Å². The van der Waals surface area contributed by atoms with Crippen molar-refractivity contribution in [2.45, 2.75) is 57.7 Å². The fraction of sp³-hybridized carbons (Fsp3) is 0.500. The maximum Gasteiger partial charge on any atom is 0.155 e. The Balaban J connectivity index is 1.43. The second kappa shape index (κ2) is 7.78. The number of fused-ring (bicyclic) bond motifs is 1. The van der Waals surface area contributed by atoms with E-state index in [1.54, 1.807) is 7.11 Å². The molecule has 4 nitrogen and oxygen atoms in total. The summed E-state index contributed by atoms with van der Waals surface area (Å²) in [5, 5.41) is 3.02. The molecule has 1 aliphatic carbocycles. The molecular formula is C22H28ClN3O. The van der Waals surface area contributed by atoms with Crippen LogP contribution in [0, 0.1) is 12.8 Å². The summed E-state index contributed by atoms with van der Waals surface area (Å²) < 4.78 is 5.82. The van der Waals surface area contributed by atoms with Crippen molar-refractivity contribution in [2.24, 2.45) is 5.92 Å². The van der Waals surface area contributed by atoms with Crippen LogP contribution in [0.25, 0.3) is 0 Å². The molecule has 2 aromatic rings. The zero-order valence-corrected chi connectivity index (χ0v) is 17.0. The van der Waals surface area contributed by atoms with Gasteiger partial charge in [0.1, 0.15) is 0 Å². The number of rotatable bonds is 4. The van der Waals surface area contributed by atoms with Gasteiger partial charge in [0.2, 0.25) is 0 Å². The molecule has 5 heteroatoms. The first-order valence-electron chi connectivity index (χ1n) is 9.86. The van der Waals surface area contributed by atoms with Gasteiger partial charge in [0.25, 0.3) is 0 Å². The number of anilines is 1. The van der Waals surface area contributed by atoms with Crippen molar-refractivity contribution in [3.8, 4) is 0 Å². The quantitative estimate of drug-likeness (QED) is 0.733. The minimum atomic E-state index is -0.0622. The van der Waals surface area contributed by atoms with Crippen LogP contribution in [-0.2, 0) is 4.74 Å². The number of benzene rings is 1. The van der Waals surface area contributed by atoms with Crippen molar-refractivity contribution in [1.29, 1.82) is 0 Å². The summed E-state index contributed by atoms with van der Waals surface area (Å²) in [6.07, 6.45) is 6.83. The second-order valence-electron chi connectivity index (χ2n) is 7.92. The first kappa shape index (κ1) is 18.7. The SMILES string of the molecule is COC1c2ccc(Cl)cc2NN1[C@H](C)C1CCC(c2ccnc(C)c2)CC1. The molecule has 1 N–H and O–H groups in total. The van der Waals surface area contributed by atoms with Gasteiger partial charge in [-0.1, -0.05) is 17.7 Å². The Morgan fingerprint density at radius 3 is 2.67 bits per heavy atom. The highest BCUT2D eigenvalue weighted by atomic mass is 35.5. The highest BCUT2D eigenvalue weighted by molar-refractivity contribution is 6.30. The molecule has 0 spiro atoms. The molecule has 2 heterocycles. The average molecular weight is 386 g/mol. The molecule has 1 aromatic heterocycles. The summed E-state index contributed by atoms with van der Waals surface area (Å²) in [6.45, 7) is 4.39. The molecule has 27 heavy (non-hydrogen) atoms. The molecule has 0 saturated heterocycles. The number of nitrogens with zero attached hydrogens (tertiary/aromatic N) is 2. The summed E-state index contributed by atoms with van der Waals surface area (Å²) in [7, 11) is 1.78. The lowest BCUT2D eigenvalue weighted by Gasteiger charge is -2.38. The predicted molar refractivity (Wildman–Crippen MR) is 110 cm³/mol. The van der Waals surface area contributed by atoms with Gasteiger partial charge in [-0.2, -0.15) is 5.01 Å². The molecule has 0 amide bonds. The minimum absolute atomic E-state index is 0.0622. The molecule has 1 fully saturated rings. The monoisotopic (exact) mass is 385 g/mol. The van der Waals surface area contributed by atoms with Crippen LogP contribution in [0.5, 0.6) is 0 Å². The van der Waals surface area contributed by atoms with Crippen LogP contribution in [0.1, 0.15) is 61.6 Å². The summed E-state index contributed by atoms with van der Waals surface area (Å²) in [6, 6.07) is 10.8. The normalized spacial score (nSPS) is 26.4. The molecular weight excluding hydrogens is 358 g/mol. The second-order valence-corrected chi connectivity index (χ2v) is 8.36. The van der Waals surface area contributed by atoms with Gasteiger partial charge in [-0.05, 0) is 81.2 Å². The summed E-state index contributed by atoms with van der Waals surface area (Å²) in [4.78, 5) is 4.34. The Bertz CT molecular complexity index is 804. The summed E-state index contributed by atoms with van der Waals surface area (Å²) in [5.74, 6) is 1.31. The van der Waals surface area contributed by atoms with E-state index in [9.17, 15) is 0 Å². The number of pyridine rings is 1. The molecule has 1 aromatic carbocycles. The number of methoxy groups -OCH3 is 1. The van der Waals surface area contributed by atoms with Gasteiger partial charge in [-0.3, -0.25) is 4.98 Å². The maximum atomic E-state index is 6.17. The Labute approximate surface area is 166 Å². The van der Waals surface area contributed by atoms with Crippen molar-refractivity contribution in [2.75, 3.05) is 12.5 Å². The van der Waals surface area contributed by atoms with E-state index < -0.39 is 0 Å². The molecule has 2 aliphatic rings. The van der Waals surface area contributed by atoms with Crippen LogP contribution >= 0.6 is 11.6 Å². The standard InChI is InChI=1S/C22H28ClN3O/c1-14-12-18(10-11-24-14)17-6-4-16(5-7-17)15(2)26-22(27-3)20-9-8-19(23)13-21(20)25-26/h8-13,15-17,22,25H,4-7H2,1-3H3/t15-,16?,17?,22?/m1/s1. The number of ether oxygens (including phenoxy) is 1. The van der Waals surface area contributed by atoms with E-state index in [4.69, 9.17) is 16.3 Å². The van der Waals surface area contributed by atoms with E-state index in [1.165, 1.54) is 31.2 Å². The van der Waals surface area contributed by atoms with E-state index in [1.807, 2.05) is 18.3 Å². The summed E-state index contributed by atoms with van der Waals surface area (Å²) in [5.41, 5.74) is 8.32. The Morgan fingerprint density at radius 2 is 1.96 bits per heavy atom. The Morgan fingerprint density at radius 1 is 1.19 bits per heavy atom. The Hall–Kier alpha value is -1.62. The lowest BCUT2D eigenvalue weighted by Crippen LogP contribution is -2.42. The first-order valence-corrected chi connectivity index (χ1v) is 10.2. The average Bonchev–Trinajstić information content (AvgIpc) is 3.05. The van der Waals surface area contributed by atoms with E-state index >= 15 is 0 Å². The number of hydrazine groups is 1. The van der Waals surface area contributed by atoms with E-state index in [0.29, 0.717) is 17.9 Å². The predicted octanol–water partition coefficient (Wildman–Crippen LogP) is 5.69. The van der Waals surface area contributed by atoms with Crippen LogP contribution in [0.2, 0.25) is 5.02 Å². The third-order valence-electron chi connectivity index (χ3n) is 6.29. The zero-order chi connectivity index (χ0) is 19.0. The topological polar surface area (TPSA) is 37.4 Å². The lowest BCUT2D eigenvalue weighted by atomic mass is 9.76. The van der Waals surface area contributed by atoms with Crippen LogP contribution in [-0.4, -0.2) is 23.1 Å². The number of nitrogens with one attached hydrogen (secondary N) is 1. The highest BCUT2D eigenvalue weighted by Gasteiger charge is 2.38. The van der Waals surface area contributed by atoms with E-state index in [2.05, 4.69) is 47.5 Å². The van der Waals surface area contributed by atoms with Crippen LogP contribution in [0.4, 0.5) is 5.69 Å². The van der Waals surface area contributed by atoms with Gasteiger partial charge in [-0.25, -0.2) is 0 Å². The van der Waals surface area contributed by atoms with E-state index in [-0.39, 0.29) is 6.23 Å². The minimum Gasteiger partial charge on any atom is -0.360 e.